The van der Waals surface area contributed by atoms with Crippen LogP contribution in [0, 0.1) is 12.7 Å². The molecule has 2 aromatic carbocycles. The molecule has 1 unspecified atom stereocenters. The zero-order valence-electron chi connectivity index (χ0n) is 9.96. The van der Waals surface area contributed by atoms with Crippen molar-refractivity contribution in [3.05, 3.63) is 70.0 Å². The molecule has 18 heavy (non-hydrogen) atoms. The molecule has 0 bridgehead atoms. The van der Waals surface area contributed by atoms with E-state index in [1.807, 2.05) is 31.2 Å². The summed E-state index contributed by atoms with van der Waals surface area (Å²) in [7, 11) is 0. The maximum absolute atomic E-state index is 13.3. The summed E-state index contributed by atoms with van der Waals surface area (Å²) < 4.78 is 13.3. The molecular weight excluding hydrogens is 315 g/mol. The van der Waals surface area contributed by atoms with Crippen molar-refractivity contribution in [1.29, 1.82) is 0 Å². The van der Waals surface area contributed by atoms with E-state index in [2.05, 4.69) is 15.9 Å². The summed E-state index contributed by atoms with van der Waals surface area (Å²) in [6, 6.07) is 12.6. The Kier molecular flexibility index (Phi) is 4.41. The molecule has 0 radical (unpaired) electrons. The van der Waals surface area contributed by atoms with Crippen LogP contribution in [0.4, 0.5) is 4.39 Å². The van der Waals surface area contributed by atoms with E-state index < -0.39 is 0 Å². The highest BCUT2D eigenvalue weighted by atomic mass is 79.9. The number of hydrogen-bond donors (Lipinski definition) is 0. The lowest BCUT2D eigenvalue weighted by atomic mass is 10.0. The highest BCUT2D eigenvalue weighted by Crippen LogP contribution is 2.30. The molecule has 0 aliphatic carbocycles. The standard InChI is InChI=1S/C15H13BrClF/c1-10-5-6-13(18)9-14(10)15(16)8-11-3-2-4-12(17)7-11/h2-7,9,15H,8H2,1H3. The molecule has 0 saturated carbocycles. The van der Waals surface area contributed by atoms with E-state index >= 15 is 0 Å². The fourth-order valence-corrected chi connectivity index (χ4v) is 3.01. The normalized spacial score (nSPS) is 12.4. The van der Waals surface area contributed by atoms with Gasteiger partial charge in [-0.3, -0.25) is 0 Å². The van der Waals surface area contributed by atoms with Crippen LogP contribution >= 0.6 is 27.5 Å². The molecule has 0 spiro atoms. The topological polar surface area (TPSA) is 0 Å². The van der Waals surface area contributed by atoms with Crippen LogP contribution in [0.2, 0.25) is 5.02 Å². The second-order valence-electron chi connectivity index (χ2n) is 4.30. The average Bonchev–Trinajstić information content (AvgIpc) is 2.32. The van der Waals surface area contributed by atoms with Crippen LogP contribution in [-0.4, -0.2) is 0 Å². The van der Waals surface area contributed by atoms with E-state index in [1.54, 1.807) is 12.1 Å². The third-order valence-electron chi connectivity index (χ3n) is 2.88. The van der Waals surface area contributed by atoms with Gasteiger partial charge in [-0.25, -0.2) is 4.39 Å². The molecule has 2 rings (SSSR count). The van der Waals surface area contributed by atoms with Crippen molar-refractivity contribution in [3.63, 3.8) is 0 Å². The minimum absolute atomic E-state index is 0.0895. The van der Waals surface area contributed by atoms with Gasteiger partial charge in [0, 0.05) is 9.85 Å². The Morgan fingerprint density at radius 3 is 2.72 bits per heavy atom. The molecule has 3 heteroatoms. The Labute approximate surface area is 120 Å². The van der Waals surface area contributed by atoms with Gasteiger partial charge in [0.15, 0.2) is 0 Å². The van der Waals surface area contributed by atoms with Gasteiger partial charge in [-0.2, -0.15) is 0 Å². The van der Waals surface area contributed by atoms with Gasteiger partial charge >= 0.3 is 0 Å². The summed E-state index contributed by atoms with van der Waals surface area (Å²) in [5.74, 6) is -0.203. The van der Waals surface area contributed by atoms with Crippen molar-refractivity contribution in [3.8, 4) is 0 Å². The molecule has 94 valence electrons. The minimum atomic E-state index is -0.203. The molecule has 0 aliphatic heterocycles. The Hall–Kier alpha value is -0.860. The van der Waals surface area contributed by atoms with Gasteiger partial charge in [0.25, 0.3) is 0 Å². The summed E-state index contributed by atoms with van der Waals surface area (Å²) in [4.78, 5) is 0.0895. The number of benzene rings is 2. The smallest absolute Gasteiger partial charge is 0.123 e. The maximum atomic E-state index is 13.3. The molecule has 0 aromatic heterocycles. The van der Waals surface area contributed by atoms with Crippen LogP contribution in [0.25, 0.3) is 0 Å². The van der Waals surface area contributed by atoms with E-state index in [-0.39, 0.29) is 10.6 Å². The Bertz CT molecular complexity index is 554. The fourth-order valence-electron chi connectivity index (χ4n) is 1.93. The van der Waals surface area contributed by atoms with Gasteiger partial charge in [-0.15, -0.1) is 0 Å². The van der Waals surface area contributed by atoms with Crippen LogP contribution < -0.4 is 0 Å². The van der Waals surface area contributed by atoms with Crippen molar-refractivity contribution in [2.45, 2.75) is 18.2 Å². The van der Waals surface area contributed by atoms with E-state index in [1.165, 1.54) is 6.07 Å². The zero-order chi connectivity index (χ0) is 13.1. The Balaban J connectivity index is 2.21. The number of alkyl halides is 1. The SMILES string of the molecule is Cc1ccc(F)cc1C(Br)Cc1cccc(Cl)c1. The number of halogens is 3. The molecule has 0 heterocycles. The second kappa shape index (κ2) is 5.85. The summed E-state index contributed by atoms with van der Waals surface area (Å²) in [6.07, 6.45) is 0.783. The summed E-state index contributed by atoms with van der Waals surface area (Å²) in [5.41, 5.74) is 3.20. The maximum Gasteiger partial charge on any atom is 0.123 e. The van der Waals surface area contributed by atoms with Gasteiger partial charge in [-0.1, -0.05) is 45.7 Å². The van der Waals surface area contributed by atoms with Gasteiger partial charge in [-0.05, 0) is 54.3 Å². The number of hydrogen-bond acceptors (Lipinski definition) is 0. The summed E-state index contributed by atoms with van der Waals surface area (Å²) in [6.45, 7) is 1.99. The van der Waals surface area contributed by atoms with Gasteiger partial charge in [0.05, 0.1) is 0 Å². The van der Waals surface area contributed by atoms with Crippen molar-refractivity contribution < 1.29 is 4.39 Å². The van der Waals surface area contributed by atoms with E-state index in [0.717, 1.165) is 28.1 Å². The molecule has 0 N–H and O–H groups in total. The predicted octanol–water partition coefficient (Wildman–Crippen LogP) is 5.47. The second-order valence-corrected chi connectivity index (χ2v) is 5.84. The number of aryl methyl sites for hydroxylation is 1. The van der Waals surface area contributed by atoms with Crippen LogP contribution in [0.5, 0.6) is 0 Å². The monoisotopic (exact) mass is 326 g/mol. The molecule has 0 saturated heterocycles. The first-order chi connectivity index (χ1) is 8.56. The predicted molar refractivity (Wildman–Crippen MR) is 78.0 cm³/mol. The van der Waals surface area contributed by atoms with Crippen LogP contribution in [0.1, 0.15) is 21.5 Å². The highest BCUT2D eigenvalue weighted by molar-refractivity contribution is 9.09. The molecular formula is C15H13BrClF. The lowest BCUT2D eigenvalue weighted by molar-refractivity contribution is 0.624. The lowest BCUT2D eigenvalue weighted by Crippen LogP contribution is -1.99. The zero-order valence-corrected chi connectivity index (χ0v) is 12.3. The van der Waals surface area contributed by atoms with E-state index in [4.69, 9.17) is 11.6 Å². The van der Waals surface area contributed by atoms with Gasteiger partial charge in [0.1, 0.15) is 5.82 Å². The van der Waals surface area contributed by atoms with Gasteiger partial charge in [0.2, 0.25) is 0 Å². The van der Waals surface area contributed by atoms with Crippen molar-refractivity contribution in [2.24, 2.45) is 0 Å². The van der Waals surface area contributed by atoms with Gasteiger partial charge < -0.3 is 0 Å². The van der Waals surface area contributed by atoms with E-state index in [9.17, 15) is 4.39 Å². The molecule has 0 fully saturated rings. The van der Waals surface area contributed by atoms with Crippen LogP contribution in [-0.2, 0) is 6.42 Å². The van der Waals surface area contributed by atoms with E-state index in [0.29, 0.717) is 0 Å². The molecule has 2 aromatic rings. The largest absolute Gasteiger partial charge is 0.207 e. The molecule has 0 amide bonds. The first-order valence-electron chi connectivity index (χ1n) is 5.71. The van der Waals surface area contributed by atoms with Crippen molar-refractivity contribution in [1.82, 2.24) is 0 Å². The summed E-state index contributed by atoms with van der Waals surface area (Å²) in [5, 5.41) is 0.725. The molecule has 1 atom stereocenters. The quantitative estimate of drug-likeness (QED) is 0.656. The first-order valence-corrected chi connectivity index (χ1v) is 7.00. The van der Waals surface area contributed by atoms with Crippen LogP contribution in [0.15, 0.2) is 42.5 Å². The lowest BCUT2D eigenvalue weighted by Gasteiger charge is -2.13. The fraction of sp³-hybridized carbons (Fsp3) is 0.200. The number of rotatable bonds is 3. The average molecular weight is 328 g/mol. The Morgan fingerprint density at radius 1 is 1.22 bits per heavy atom. The first kappa shape index (κ1) is 13.6. The molecule has 0 aliphatic rings. The van der Waals surface area contributed by atoms with Crippen LogP contribution in [0.3, 0.4) is 0 Å². The Morgan fingerprint density at radius 2 is 2.00 bits per heavy atom. The third-order valence-corrected chi connectivity index (χ3v) is 3.93. The summed E-state index contributed by atoms with van der Waals surface area (Å²) >= 11 is 9.58. The highest BCUT2D eigenvalue weighted by Gasteiger charge is 2.12. The van der Waals surface area contributed by atoms with Crippen molar-refractivity contribution >= 4 is 27.5 Å². The van der Waals surface area contributed by atoms with Crippen molar-refractivity contribution in [2.75, 3.05) is 0 Å². The third kappa shape index (κ3) is 3.33. The molecule has 0 nitrogen and oxygen atoms in total. The minimum Gasteiger partial charge on any atom is -0.207 e.